The molecule has 144 valence electrons. The molecule has 0 N–H and O–H groups in total. The molecule has 10 heteroatoms. The van der Waals surface area contributed by atoms with E-state index in [0.29, 0.717) is 30.6 Å². The maximum Gasteiger partial charge on any atom is 0.284 e. The van der Waals surface area contributed by atoms with Crippen LogP contribution in [0.3, 0.4) is 0 Å². The van der Waals surface area contributed by atoms with E-state index in [2.05, 4.69) is 0 Å². The van der Waals surface area contributed by atoms with E-state index in [4.69, 9.17) is 9.47 Å². The molecule has 1 aromatic carbocycles. The quantitative estimate of drug-likeness (QED) is 0.764. The molecule has 2 saturated heterocycles. The van der Waals surface area contributed by atoms with Crippen molar-refractivity contribution in [2.45, 2.75) is 10.8 Å². The number of carbonyl (C=O) groups is 1. The fraction of sp³-hybridized carbons (Fsp3) is 0.562. The predicted octanol–water partition coefficient (Wildman–Crippen LogP) is 0.815. The molecule has 0 saturated carbocycles. The van der Waals surface area contributed by atoms with Crippen molar-refractivity contribution < 1.29 is 31.5 Å². The van der Waals surface area contributed by atoms with Crippen molar-refractivity contribution in [3.63, 3.8) is 0 Å². The van der Waals surface area contributed by atoms with Crippen molar-refractivity contribution in [2.24, 2.45) is 0 Å². The van der Waals surface area contributed by atoms with Crippen molar-refractivity contribution in [2.75, 3.05) is 52.6 Å². The number of sulfonamides is 1. The molecule has 0 aliphatic carbocycles. The number of amides is 1. The normalized spacial score (nSPS) is 22.0. The van der Waals surface area contributed by atoms with E-state index in [9.17, 15) is 22.0 Å². The standard InChI is InChI=1S/C16H20F2N2O5S/c17-16(18)11-20(7-10-25-12-16)26(22,23)14-4-2-1-3-13(14)15(21)19-5-8-24-9-6-19/h1-4H,5-12H2. The Balaban J connectivity index is 1.94. The van der Waals surface area contributed by atoms with E-state index in [0.717, 1.165) is 0 Å². The maximum absolute atomic E-state index is 13.8. The van der Waals surface area contributed by atoms with Crippen LogP contribution in [0.25, 0.3) is 0 Å². The molecule has 0 bridgehead atoms. The summed E-state index contributed by atoms with van der Waals surface area (Å²) in [7, 11) is -4.28. The predicted molar refractivity (Wildman–Crippen MR) is 87.7 cm³/mol. The van der Waals surface area contributed by atoms with Crippen molar-refractivity contribution in [3.05, 3.63) is 29.8 Å². The van der Waals surface area contributed by atoms with Crippen LogP contribution in [0, 0.1) is 0 Å². The smallest absolute Gasteiger partial charge is 0.284 e. The molecule has 2 fully saturated rings. The molecule has 0 unspecified atom stereocenters. The topological polar surface area (TPSA) is 76.2 Å². The molecule has 26 heavy (non-hydrogen) atoms. The van der Waals surface area contributed by atoms with Gasteiger partial charge >= 0.3 is 0 Å². The molecule has 2 aliphatic rings. The summed E-state index contributed by atoms with van der Waals surface area (Å²) in [5.41, 5.74) is -0.0251. The van der Waals surface area contributed by atoms with Crippen molar-refractivity contribution in [1.82, 2.24) is 9.21 Å². The molecular weight excluding hydrogens is 370 g/mol. The average molecular weight is 390 g/mol. The number of rotatable bonds is 3. The Morgan fingerprint density at radius 2 is 1.69 bits per heavy atom. The maximum atomic E-state index is 13.8. The van der Waals surface area contributed by atoms with E-state index in [-0.39, 0.29) is 23.6 Å². The van der Waals surface area contributed by atoms with E-state index >= 15 is 0 Å². The summed E-state index contributed by atoms with van der Waals surface area (Å²) in [6, 6.07) is 5.69. The van der Waals surface area contributed by atoms with Crippen LogP contribution in [0.5, 0.6) is 0 Å². The lowest BCUT2D eigenvalue weighted by Gasteiger charge is -2.28. The Bertz CT molecular complexity index is 766. The van der Waals surface area contributed by atoms with Crippen LogP contribution in [0.4, 0.5) is 8.78 Å². The first-order chi connectivity index (χ1) is 12.3. The summed E-state index contributed by atoms with van der Waals surface area (Å²) in [5, 5.41) is 0. The largest absolute Gasteiger partial charge is 0.378 e. The van der Waals surface area contributed by atoms with Gasteiger partial charge in [0.15, 0.2) is 0 Å². The van der Waals surface area contributed by atoms with Gasteiger partial charge in [-0.2, -0.15) is 4.31 Å². The molecule has 1 amide bonds. The van der Waals surface area contributed by atoms with Crippen LogP contribution >= 0.6 is 0 Å². The highest BCUT2D eigenvalue weighted by Crippen LogP contribution is 2.27. The Kier molecular flexibility index (Phi) is 5.56. The van der Waals surface area contributed by atoms with Gasteiger partial charge in [-0.25, -0.2) is 17.2 Å². The highest BCUT2D eigenvalue weighted by Gasteiger charge is 2.40. The van der Waals surface area contributed by atoms with E-state index in [1.165, 1.54) is 23.1 Å². The minimum Gasteiger partial charge on any atom is -0.378 e. The highest BCUT2D eigenvalue weighted by atomic mass is 32.2. The molecule has 2 heterocycles. The summed E-state index contributed by atoms with van der Waals surface area (Å²) in [6.07, 6.45) is 0. The first-order valence-electron chi connectivity index (χ1n) is 8.23. The summed E-state index contributed by atoms with van der Waals surface area (Å²) < 4.78 is 64.2. The van der Waals surface area contributed by atoms with Gasteiger partial charge in [0.05, 0.1) is 36.8 Å². The number of carbonyl (C=O) groups excluding carboxylic acids is 1. The number of alkyl halides is 2. The second-order valence-electron chi connectivity index (χ2n) is 6.15. The molecule has 0 aromatic heterocycles. The molecule has 7 nitrogen and oxygen atoms in total. The summed E-state index contributed by atoms with van der Waals surface area (Å²) in [6.45, 7) is -0.687. The number of hydrogen-bond acceptors (Lipinski definition) is 5. The highest BCUT2D eigenvalue weighted by molar-refractivity contribution is 7.89. The van der Waals surface area contributed by atoms with Crippen LogP contribution in [-0.4, -0.2) is 82.1 Å². The fourth-order valence-electron chi connectivity index (χ4n) is 2.92. The zero-order chi connectivity index (χ0) is 18.8. The van der Waals surface area contributed by atoms with E-state index < -0.39 is 35.0 Å². The summed E-state index contributed by atoms with van der Waals surface area (Å²) in [4.78, 5) is 14.0. The molecule has 2 aliphatic heterocycles. The fourth-order valence-corrected chi connectivity index (χ4v) is 4.56. The van der Waals surface area contributed by atoms with Gasteiger partial charge in [-0.1, -0.05) is 12.1 Å². The van der Waals surface area contributed by atoms with Crippen LogP contribution in [0.15, 0.2) is 29.2 Å². The van der Waals surface area contributed by atoms with Crippen LogP contribution < -0.4 is 0 Å². The monoisotopic (exact) mass is 390 g/mol. The second-order valence-corrected chi connectivity index (χ2v) is 8.05. The number of morpholine rings is 1. The van der Waals surface area contributed by atoms with Gasteiger partial charge in [0.2, 0.25) is 10.0 Å². The average Bonchev–Trinajstić information content (AvgIpc) is 2.83. The van der Waals surface area contributed by atoms with Gasteiger partial charge < -0.3 is 14.4 Å². The zero-order valence-corrected chi connectivity index (χ0v) is 14.9. The molecular formula is C16H20F2N2O5S. The number of halogens is 2. The second kappa shape index (κ2) is 7.55. The van der Waals surface area contributed by atoms with E-state index in [1.807, 2.05) is 0 Å². The van der Waals surface area contributed by atoms with Gasteiger partial charge in [-0.3, -0.25) is 4.79 Å². The lowest BCUT2D eigenvalue weighted by atomic mass is 10.2. The molecule has 3 rings (SSSR count). The first-order valence-corrected chi connectivity index (χ1v) is 9.67. The van der Waals surface area contributed by atoms with Crippen LogP contribution in [-0.2, 0) is 19.5 Å². The molecule has 1 aromatic rings. The number of nitrogens with zero attached hydrogens (tertiary/aromatic N) is 2. The Hall–Kier alpha value is -1.62. The van der Waals surface area contributed by atoms with Gasteiger partial charge in [0.25, 0.3) is 11.8 Å². The number of ether oxygens (including phenoxy) is 2. The van der Waals surface area contributed by atoms with Crippen LogP contribution in [0.1, 0.15) is 10.4 Å². The van der Waals surface area contributed by atoms with Crippen LogP contribution in [0.2, 0.25) is 0 Å². The van der Waals surface area contributed by atoms with Gasteiger partial charge in [-0.05, 0) is 12.1 Å². The first kappa shape index (κ1) is 19.2. The third kappa shape index (κ3) is 4.03. The van der Waals surface area contributed by atoms with Crippen molar-refractivity contribution in [3.8, 4) is 0 Å². The Morgan fingerprint density at radius 3 is 2.42 bits per heavy atom. The lowest BCUT2D eigenvalue weighted by Crippen LogP contribution is -2.43. The molecule has 0 radical (unpaired) electrons. The lowest BCUT2D eigenvalue weighted by molar-refractivity contribution is -0.0630. The van der Waals surface area contributed by atoms with Gasteiger partial charge in [0.1, 0.15) is 6.61 Å². The summed E-state index contributed by atoms with van der Waals surface area (Å²) >= 11 is 0. The Morgan fingerprint density at radius 1 is 1.04 bits per heavy atom. The summed E-state index contributed by atoms with van der Waals surface area (Å²) in [5.74, 6) is -3.74. The zero-order valence-electron chi connectivity index (χ0n) is 14.1. The molecule has 0 spiro atoms. The minimum absolute atomic E-state index is 0.0251. The van der Waals surface area contributed by atoms with Crippen molar-refractivity contribution in [1.29, 1.82) is 0 Å². The third-order valence-corrected chi connectivity index (χ3v) is 6.14. The Labute approximate surface area is 150 Å². The third-order valence-electron chi connectivity index (χ3n) is 4.24. The SMILES string of the molecule is O=C(c1ccccc1S(=O)(=O)N1CCOCC(F)(F)C1)N1CCOCC1. The van der Waals surface area contributed by atoms with Gasteiger partial charge in [0, 0.05) is 19.6 Å². The van der Waals surface area contributed by atoms with Crippen molar-refractivity contribution >= 4 is 15.9 Å². The molecule has 0 atom stereocenters. The van der Waals surface area contributed by atoms with E-state index in [1.54, 1.807) is 6.07 Å². The number of benzene rings is 1. The van der Waals surface area contributed by atoms with Gasteiger partial charge in [-0.15, -0.1) is 0 Å². The minimum atomic E-state index is -4.28. The number of hydrogen-bond donors (Lipinski definition) is 0.